The van der Waals surface area contributed by atoms with Crippen LogP contribution >= 0.6 is 0 Å². The van der Waals surface area contributed by atoms with Crippen molar-refractivity contribution in [1.82, 2.24) is 9.97 Å². The van der Waals surface area contributed by atoms with Crippen LogP contribution < -0.4 is 9.47 Å². The molecule has 7 heteroatoms. The summed E-state index contributed by atoms with van der Waals surface area (Å²) in [5.74, 6) is 0.783. The largest absolute Gasteiger partial charge is 0.503 e. The summed E-state index contributed by atoms with van der Waals surface area (Å²) in [5.41, 5.74) is 0.687. The Kier molecular flexibility index (Phi) is 6.20. The molecule has 0 aliphatic carbocycles. The van der Waals surface area contributed by atoms with Crippen molar-refractivity contribution >= 4 is 11.5 Å². The monoisotopic (exact) mass is 378 g/mol. The van der Waals surface area contributed by atoms with Gasteiger partial charge in [0.05, 0.1) is 20.5 Å². The lowest BCUT2D eigenvalue weighted by atomic mass is 10.1. The van der Waals surface area contributed by atoms with Gasteiger partial charge in [0, 0.05) is 17.8 Å². The van der Waals surface area contributed by atoms with Gasteiger partial charge < -0.3 is 18.9 Å². The molecule has 0 spiro atoms. The standard InChI is InChI=1S/C21H18N2O5/c1-25-14-17(20(24)26-2)16-10-6-7-11-18(16)28-21-22-13-12-19(23-21)27-15-8-4-3-5-9-15/h3-14H,1-2H3. The molecule has 0 amide bonds. The van der Waals surface area contributed by atoms with Gasteiger partial charge in [-0.25, -0.2) is 9.78 Å². The number of esters is 1. The zero-order valence-electron chi connectivity index (χ0n) is 15.4. The molecule has 0 saturated carbocycles. The Bertz CT molecular complexity index is 973. The molecule has 0 N–H and O–H groups in total. The molecule has 0 aliphatic heterocycles. The summed E-state index contributed by atoms with van der Waals surface area (Å²) in [7, 11) is 2.74. The molecule has 0 bridgehead atoms. The highest BCUT2D eigenvalue weighted by molar-refractivity contribution is 6.17. The highest BCUT2D eigenvalue weighted by Crippen LogP contribution is 2.30. The van der Waals surface area contributed by atoms with E-state index in [9.17, 15) is 4.79 Å². The normalized spacial score (nSPS) is 10.9. The van der Waals surface area contributed by atoms with Crippen molar-refractivity contribution in [2.45, 2.75) is 0 Å². The summed E-state index contributed by atoms with van der Waals surface area (Å²) >= 11 is 0. The second-order valence-electron chi connectivity index (χ2n) is 5.45. The fraction of sp³-hybridized carbons (Fsp3) is 0.0952. The van der Waals surface area contributed by atoms with E-state index >= 15 is 0 Å². The minimum atomic E-state index is -0.556. The topological polar surface area (TPSA) is 79.8 Å². The van der Waals surface area contributed by atoms with Crippen LogP contribution in [0.1, 0.15) is 5.56 Å². The van der Waals surface area contributed by atoms with Gasteiger partial charge in [-0.2, -0.15) is 4.98 Å². The van der Waals surface area contributed by atoms with Crippen LogP contribution in [0.2, 0.25) is 0 Å². The van der Waals surface area contributed by atoms with Crippen LogP contribution in [0, 0.1) is 0 Å². The van der Waals surface area contributed by atoms with E-state index in [4.69, 9.17) is 18.9 Å². The average Bonchev–Trinajstić information content (AvgIpc) is 2.73. The van der Waals surface area contributed by atoms with E-state index in [1.54, 1.807) is 30.3 Å². The van der Waals surface area contributed by atoms with E-state index in [1.165, 1.54) is 26.7 Å². The summed E-state index contributed by atoms with van der Waals surface area (Å²) in [6.07, 6.45) is 2.82. The lowest BCUT2D eigenvalue weighted by molar-refractivity contribution is -0.133. The van der Waals surface area contributed by atoms with Crippen molar-refractivity contribution in [2.24, 2.45) is 0 Å². The number of benzene rings is 2. The molecule has 0 unspecified atom stereocenters. The molecule has 142 valence electrons. The summed E-state index contributed by atoms with van der Waals surface area (Å²) in [5, 5.41) is 0. The zero-order chi connectivity index (χ0) is 19.8. The van der Waals surface area contributed by atoms with Crippen LogP contribution in [-0.2, 0) is 14.3 Å². The van der Waals surface area contributed by atoms with Crippen molar-refractivity contribution in [3.05, 3.63) is 78.7 Å². The second-order valence-corrected chi connectivity index (χ2v) is 5.45. The molecule has 0 radical (unpaired) electrons. The molecule has 7 nitrogen and oxygen atoms in total. The molecular weight excluding hydrogens is 360 g/mol. The first kappa shape index (κ1) is 18.9. The first-order valence-electron chi connectivity index (χ1n) is 8.35. The number of carbonyl (C=O) groups excluding carboxylic acids is 1. The van der Waals surface area contributed by atoms with Crippen molar-refractivity contribution in [2.75, 3.05) is 14.2 Å². The molecule has 2 aromatic carbocycles. The maximum Gasteiger partial charge on any atom is 0.341 e. The number of nitrogens with zero attached hydrogens (tertiary/aromatic N) is 2. The van der Waals surface area contributed by atoms with Crippen molar-refractivity contribution in [1.29, 1.82) is 0 Å². The third-order valence-electron chi connectivity index (χ3n) is 3.59. The fourth-order valence-electron chi connectivity index (χ4n) is 2.37. The van der Waals surface area contributed by atoms with Crippen molar-refractivity contribution in [3.63, 3.8) is 0 Å². The van der Waals surface area contributed by atoms with E-state index in [0.29, 0.717) is 22.9 Å². The molecule has 0 fully saturated rings. The molecule has 3 aromatic rings. The number of hydrogen-bond acceptors (Lipinski definition) is 7. The summed E-state index contributed by atoms with van der Waals surface area (Å²) in [4.78, 5) is 20.4. The molecule has 0 saturated heterocycles. The molecule has 28 heavy (non-hydrogen) atoms. The molecule has 0 atom stereocenters. The third kappa shape index (κ3) is 4.64. The number of methoxy groups -OCH3 is 2. The zero-order valence-corrected chi connectivity index (χ0v) is 15.4. The summed E-state index contributed by atoms with van der Waals surface area (Å²) < 4.78 is 21.3. The van der Waals surface area contributed by atoms with E-state index in [1.807, 2.05) is 30.3 Å². The van der Waals surface area contributed by atoms with Crippen LogP contribution in [0.25, 0.3) is 5.57 Å². The third-order valence-corrected chi connectivity index (χ3v) is 3.59. The minimum absolute atomic E-state index is 0.0718. The van der Waals surface area contributed by atoms with Gasteiger partial charge >= 0.3 is 12.0 Å². The van der Waals surface area contributed by atoms with Gasteiger partial charge in [0.2, 0.25) is 5.88 Å². The van der Waals surface area contributed by atoms with E-state index in [2.05, 4.69) is 9.97 Å². The number of para-hydroxylation sites is 2. The summed E-state index contributed by atoms with van der Waals surface area (Å²) in [6.45, 7) is 0. The van der Waals surface area contributed by atoms with E-state index in [-0.39, 0.29) is 11.6 Å². The van der Waals surface area contributed by atoms with Crippen LogP contribution in [0.5, 0.6) is 23.4 Å². The van der Waals surface area contributed by atoms with Crippen LogP contribution in [0.4, 0.5) is 0 Å². The predicted molar refractivity (Wildman–Crippen MR) is 102 cm³/mol. The maximum absolute atomic E-state index is 12.1. The predicted octanol–water partition coefficient (Wildman–Crippen LogP) is 4.22. The van der Waals surface area contributed by atoms with Gasteiger partial charge in [0.1, 0.15) is 17.1 Å². The first-order chi connectivity index (χ1) is 13.7. The number of hydrogen-bond donors (Lipinski definition) is 0. The molecule has 0 aliphatic rings. The smallest absolute Gasteiger partial charge is 0.341 e. The lowest BCUT2D eigenvalue weighted by Gasteiger charge is -2.12. The first-order valence-corrected chi connectivity index (χ1v) is 8.35. The van der Waals surface area contributed by atoms with E-state index < -0.39 is 5.97 Å². The van der Waals surface area contributed by atoms with Crippen LogP contribution in [0.15, 0.2) is 73.1 Å². The molecule has 1 aromatic heterocycles. The Hall–Kier alpha value is -3.87. The van der Waals surface area contributed by atoms with Crippen LogP contribution in [0.3, 0.4) is 0 Å². The number of rotatable bonds is 7. The van der Waals surface area contributed by atoms with Crippen LogP contribution in [-0.4, -0.2) is 30.2 Å². The van der Waals surface area contributed by atoms with Gasteiger partial charge in [-0.1, -0.05) is 36.4 Å². The van der Waals surface area contributed by atoms with Gasteiger partial charge in [0.25, 0.3) is 0 Å². The van der Waals surface area contributed by atoms with Gasteiger partial charge in [-0.15, -0.1) is 0 Å². The number of aromatic nitrogens is 2. The Morgan fingerprint density at radius 1 is 0.929 bits per heavy atom. The highest BCUT2D eigenvalue weighted by atomic mass is 16.5. The Morgan fingerprint density at radius 2 is 1.68 bits per heavy atom. The summed E-state index contributed by atoms with van der Waals surface area (Å²) in [6, 6.07) is 17.9. The Balaban J connectivity index is 1.87. The van der Waals surface area contributed by atoms with E-state index in [0.717, 1.165) is 0 Å². The quantitative estimate of drug-likeness (QED) is 0.346. The van der Waals surface area contributed by atoms with Gasteiger partial charge in [-0.3, -0.25) is 0 Å². The minimum Gasteiger partial charge on any atom is -0.503 e. The molecule has 3 rings (SSSR count). The fourth-order valence-corrected chi connectivity index (χ4v) is 2.37. The van der Waals surface area contributed by atoms with Gasteiger partial charge in [0.15, 0.2) is 0 Å². The van der Waals surface area contributed by atoms with Crippen molar-refractivity contribution < 1.29 is 23.7 Å². The molecule has 1 heterocycles. The Labute approximate surface area is 162 Å². The second kappa shape index (κ2) is 9.18. The lowest BCUT2D eigenvalue weighted by Crippen LogP contribution is -2.06. The average molecular weight is 378 g/mol. The SMILES string of the molecule is COC=C(C(=O)OC)c1ccccc1Oc1nccc(Oc2ccccc2)n1. The Morgan fingerprint density at radius 3 is 2.43 bits per heavy atom. The number of ether oxygens (including phenoxy) is 4. The van der Waals surface area contributed by atoms with Crippen molar-refractivity contribution in [3.8, 4) is 23.4 Å². The maximum atomic E-state index is 12.1. The number of carbonyl (C=O) groups is 1. The molecular formula is C21H18N2O5. The van der Waals surface area contributed by atoms with Gasteiger partial charge in [-0.05, 0) is 18.2 Å². The highest BCUT2D eigenvalue weighted by Gasteiger charge is 2.18.